The summed E-state index contributed by atoms with van der Waals surface area (Å²) in [5.41, 5.74) is 1.20. The molecule has 0 spiro atoms. The number of benzene rings is 3. The van der Waals surface area contributed by atoms with Crippen LogP contribution in [0.1, 0.15) is 49.3 Å². The molecule has 0 radical (unpaired) electrons. The van der Waals surface area contributed by atoms with E-state index in [4.69, 9.17) is 0 Å². The Balaban J connectivity index is 1.78. The molecule has 0 aliphatic heterocycles. The van der Waals surface area contributed by atoms with Crippen LogP contribution < -0.4 is 0 Å². The second-order valence-corrected chi connectivity index (χ2v) is 7.75. The van der Waals surface area contributed by atoms with Crippen LogP contribution in [0.4, 0.5) is 23.2 Å². The molecule has 168 valence electrons. The van der Waals surface area contributed by atoms with Gasteiger partial charge in [0.1, 0.15) is 17.3 Å². The zero-order chi connectivity index (χ0) is 23.8. The molecule has 33 heavy (non-hydrogen) atoms. The highest BCUT2D eigenvalue weighted by atomic mass is 32.1. The van der Waals surface area contributed by atoms with Gasteiger partial charge in [-0.2, -0.15) is 4.99 Å². The zero-order valence-electron chi connectivity index (χ0n) is 18.0. The summed E-state index contributed by atoms with van der Waals surface area (Å²) in [4.78, 5) is 3.38. The van der Waals surface area contributed by atoms with Crippen LogP contribution in [0.3, 0.4) is 0 Å². The maximum absolute atomic E-state index is 14.4. The number of hydrogen-bond acceptors (Lipinski definition) is 2. The maximum Gasteiger partial charge on any atom is 0.153 e. The van der Waals surface area contributed by atoms with Crippen LogP contribution in [0, 0.1) is 35.1 Å². The summed E-state index contributed by atoms with van der Waals surface area (Å²) >= 11 is 4.39. The minimum absolute atomic E-state index is 0.282. The van der Waals surface area contributed by atoms with E-state index < -0.39 is 29.0 Å². The number of hydrogen-bond donors (Lipinski definition) is 0. The van der Waals surface area contributed by atoms with Crippen molar-refractivity contribution in [3.05, 3.63) is 88.5 Å². The largest absolute Gasteiger partial charge is 0.206 e. The fourth-order valence-corrected chi connectivity index (χ4v) is 3.50. The van der Waals surface area contributed by atoms with Crippen molar-refractivity contribution < 1.29 is 17.6 Å². The number of halogens is 4. The maximum atomic E-state index is 14.4. The van der Waals surface area contributed by atoms with Gasteiger partial charge in [-0.1, -0.05) is 50.2 Å². The Bertz CT molecular complexity index is 1200. The molecule has 0 unspecified atom stereocenters. The lowest BCUT2D eigenvalue weighted by Crippen LogP contribution is -1.95. The number of thiocarbonyl (C=S) groups is 1. The standard InChI is InChI=1S/C27H21F4NS/c1-2-3-4-5-6-19-13-23(28)22(24(29)14-19)12-9-18-7-10-20(11-8-18)21-15-25(30)27(32-17-33)26(31)16-21/h7-8,10-11,13-16H,2-6H2,1H3. The third-order valence-electron chi connectivity index (χ3n) is 5.15. The summed E-state index contributed by atoms with van der Waals surface area (Å²) in [5.74, 6) is 2.20. The lowest BCUT2D eigenvalue weighted by molar-refractivity contribution is 0.571. The third-order valence-corrected chi connectivity index (χ3v) is 5.24. The molecule has 0 N–H and O–H groups in total. The van der Waals surface area contributed by atoms with Crippen molar-refractivity contribution in [2.45, 2.75) is 39.0 Å². The lowest BCUT2D eigenvalue weighted by Gasteiger charge is -2.05. The molecule has 0 fully saturated rings. The first-order valence-corrected chi connectivity index (χ1v) is 11.0. The van der Waals surface area contributed by atoms with Crippen molar-refractivity contribution in [1.82, 2.24) is 0 Å². The summed E-state index contributed by atoms with van der Waals surface area (Å²) < 4.78 is 56.9. The lowest BCUT2D eigenvalue weighted by atomic mass is 10.0. The van der Waals surface area contributed by atoms with E-state index in [1.165, 1.54) is 12.1 Å². The van der Waals surface area contributed by atoms with Gasteiger partial charge in [0.2, 0.25) is 0 Å². The molecule has 3 rings (SSSR count). The average molecular weight is 468 g/mol. The molecule has 0 aromatic heterocycles. The molecule has 6 heteroatoms. The predicted molar refractivity (Wildman–Crippen MR) is 127 cm³/mol. The Morgan fingerprint density at radius 3 is 1.97 bits per heavy atom. The van der Waals surface area contributed by atoms with E-state index in [0.717, 1.165) is 37.8 Å². The van der Waals surface area contributed by atoms with Gasteiger partial charge in [-0.05, 0) is 78.1 Å². The van der Waals surface area contributed by atoms with Gasteiger partial charge in [0, 0.05) is 5.56 Å². The Kier molecular flexibility index (Phi) is 8.54. The normalized spacial score (nSPS) is 10.3. The van der Waals surface area contributed by atoms with Gasteiger partial charge >= 0.3 is 0 Å². The first-order valence-electron chi connectivity index (χ1n) is 10.6. The van der Waals surface area contributed by atoms with Gasteiger partial charge in [0.05, 0.1) is 10.7 Å². The van der Waals surface area contributed by atoms with Crippen molar-refractivity contribution in [2.75, 3.05) is 0 Å². The van der Waals surface area contributed by atoms with E-state index in [2.05, 4.69) is 36.0 Å². The second kappa shape index (κ2) is 11.6. The SMILES string of the molecule is CCCCCCc1cc(F)c(C#Cc2ccc(-c3cc(F)c(N=C=S)c(F)c3)cc2)c(F)c1. The summed E-state index contributed by atoms with van der Waals surface area (Å²) in [6.07, 6.45) is 4.75. The number of aliphatic imine (C=N–C) groups is 1. The second-order valence-electron chi connectivity index (χ2n) is 7.56. The highest BCUT2D eigenvalue weighted by Gasteiger charge is 2.12. The molecule has 0 saturated heterocycles. The summed E-state index contributed by atoms with van der Waals surface area (Å²) in [6.45, 7) is 2.11. The van der Waals surface area contributed by atoms with Gasteiger partial charge < -0.3 is 0 Å². The summed E-state index contributed by atoms with van der Waals surface area (Å²) in [5, 5.41) is 1.94. The molecule has 0 saturated carbocycles. The van der Waals surface area contributed by atoms with E-state index in [1.54, 1.807) is 24.3 Å². The molecular weight excluding hydrogens is 446 g/mol. The monoisotopic (exact) mass is 467 g/mol. The van der Waals surface area contributed by atoms with Gasteiger partial charge in [0.25, 0.3) is 0 Å². The molecule has 1 nitrogen and oxygen atoms in total. The number of unbranched alkanes of at least 4 members (excludes halogenated alkanes) is 3. The minimum atomic E-state index is -0.856. The van der Waals surface area contributed by atoms with Crippen LogP contribution in [0.5, 0.6) is 0 Å². The highest BCUT2D eigenvalue weighted by molar-refractivity contribution is 7.78. The number of nitrogens with zero attached hydrogens (tertiary/aromatic N) is 1. The number of aryl methyl sites for hydroxylation is 1. The van der Waals surface area contributed by atoms with Crippen LogP contribution in [-0.4, -0.2) is 5.16 Å². The third kappa shape index (κ3) is 6.38. The van der Waals surface area contributed by atoms with E-state index in [9.17, 15) is 17.6 Å². The van der Waals surface area contributed by atoms with Gasteiger partial charge in [-0.25, -0.2) is 17.6 Å². The Morgan fingerprint density at radius 1 is 0.758 bits per heavy atom. The molecule has 0 bridgehead atoms. The fourth-order valence-electron chi connectivity index (χ4n) is 3.41. The van der Waals surface area contributed by atoms with E-state index >= 15 is 0 Å². The van der Waals surface area contributed by atoms with Gasteiger partial charge in [-0.15, -0.1) is 0 Å². The van der Waals surface area contributed by atoms with Crippen LogP contribution in [-0.2, 0) is 6.42 Å². The quantitative estimate of drug-likeness (QED) is 0.112. The first kappa shape index (κ1) is 24.4. The fraction of sp³-hybridized carbons (Fsp3) is 0.222. The van der Waals surface area contributed by atoms with Crippen LogP contribution in [0.25, 0.3) is 11.1 Å². The number of rotatable bonds is 7. The average Bonchev–Trinajstić information content (AvgIpc) is 2.79. The Hall–Kier alpha value is -3.26. The molecule has 3 aromatic carbocycles. The van der Waals surface area contributed by atoms with Crippen molar-refractivity contribution >= 4 is 23.1 Å². The molecule has 0 heterocycles. The van der Waals surface area contributed by atoms with Crippen LogP contribution >= 0.6 is 12.2 Å². The van der Waals surface area contributed by atoms with E-state index in [0.29, 0.717) is 28.7 Å². The molecule has 0 aliphatic carbocycles. The van der Waals surface area contributed by atoms with Crippen molar-refractivity contribution in [2.24, 2.45) is 4.99 Å². The van der Waals surface area contributed by atoms with Crippen LogP contribution in [0.2, 0.25) is 0 Å². The molecule has 0 aliphatic rings. The summed E-state index contributed by atoms with van der Waals surface area (Å²) in [7, 11) is 0. The minimum Gasteiger partial charge on any atom is -0.206 e. The van der Waals surface area contributed by atoms with Crippen molar-refractivity contribution in [3.8, 4) is 23.0 Å². The van der Waals surface area contributed by atoms with E-state index in [-0.39, 0.29) is 5.56 Å². The van der Waals surface area contributed by atoms with E-state index in [1.807, 2.05) is 5.16 Å². The molecule has 0 atom stereocenters. The first-order chi connectivity index (χ1) is 15.9. The Labute approximate surface area is 196 Å². The smallest absolute Gasteiger partial charge is 0.153 e. The molecular formula is C27H21F4NS. The highest BCUT2D eigenvalue weighted by Crippen LogP contribution is 2.29. The van der Waals surface area contributed by atoms with Crippen LogP contribution in [0.15, 0.2) is 53.5 Å². The number of isothiocyanates is 1. The van der Waals surface area contributed by atoms with Crippen molar-refractivity contribution in [1.29, 1.82) is 0 Å². The summed E-state index contributed by atoms with van der Waals surface area (Å²) in [6, 6.07) is 11.4. The zero-order valence-corrected chi connectivity index (χ0v) is 18.8. The van der Waals surface area contributed by atoms with Crippen molar-refractivity contribution in [3.63, 3.8) is 0 Å². The topological polar surface area (TPSA) is 12.4 Å². The van der Waals surface area contributed by atoms with Gasteiger partial charge in [-0.3, -0.25) is 0 Å². The Morgan fingerprint density at radius 2 is 1.39 bits per heavy atom. The molecule has 3 aromatic rings. The predicted octanol–water partition coefficient (Wildman–Crippen LogP) is 8.17. The van der Waals surface area contributed by atoms with Gasteiger partial charge in [0.15, 0.2) is 11.6 Å². The molecule has 0 amide bonds.